The lowest BCUT2D eigenvalue weighted by Gasteiger charge is -2.21. The highest BCUT2D eigenvalue weighted by Crippen LogP contribution is 2.45. The van der Waals surface area contributed by atoms with Gasteiger partial charge in [0.25, 0.3) is 0 Å². The van der Waals surface area contributed by atoms with Crippen LogP contribution >= 0.6 is 15.6 Å². The minimum atomic E-state index is -4.96. The van der Waals surface area contributed by atoms with Gasteiger partial charge in [-0.1, -0.05) is 331 Å². The molecule has 0 rings (SSSR count). The molecule has 0 fully saturated rings. The van der Waals surface area contributed by atoms with Crippen molar-refractivity contribution in [3.05, 3.63) is 0 Å². The molecule has 0 aliphatic heterocycles. The van der Waals surface area contributed by atoms with Crippen LogP contribution < -0.4 is 0 Å². The van der Waals surface area contributed by atoms with Gasteiger partial charge >= 0.3 is 39.5 Å². The van der Waals surface area contributed by atoms with Gasteiger partial charge in [-0.3, -0.25) is 37.3 Å². The Morgan fingerprint density at radius 2 is 0.505 bits per heavy atom. The molecule has 7 atom stereocenters. The molecule has 0 bridgehead atoms. The predicted octanol–water partition coefficient (Wildman–Crippen LogP) is 22.0. The van der Waals surface area contributed by atoms with Crippen LogP contribution in [0.1, 0.15) is 383 Å². The number of esters is 4. The number of aliphatic hydroxyl groups is 1. The smallest absolute Gasteiger partial charge is 0.462 e. The Hall–Kier alpha value is -1.94. The molecule has 564 valence electrons. The molecule has 0 saturated carbocycles. The summed E-state index contributed by atoms with van der Waals surface area (Å²) >= 11 is 0. The molecule has 0 aliphatic rings. The van der Waals surface area contributed by atoms with Crippen LogP contribution in [0, 0.1) is 23.7 Å². The van der Waals surface area contributed by atoms with Crippen molar-refractivity contribution in [3.8, 4) is 0 Å². The summed E-state index contributed by atoms with van der Waals surface area (Å²) in [6.45, 7) is 14.2. The van der Waals surface area contributed by atoms with Gasteiger partial charge in [-0.25, -0.2) is 9.13 Å². The lowest BCUT2D eigenvalue weighted by molar-refractivity contribution is -0.161. The van der Waals surface area contributed by atoms with Crippen molar-refractivity contribution < 1.29 is 80.2 Å². The first-order valence-corrected chi connectivity index (χ1v) is 42.3. The van der Waals surface area contributed by atoms with E-state index in [9.17, 15) is 43.2 Å². The van der Waals surface area contributed by atoms with Gasteiger partial charge in [-0.2, -0.15) is 0 Å². The van der Waals surface area contributed by atoms with E-state index in [1.165, 1.54) is 180 Å². The molecule has 3 N–H and O–H groups in total. The van der Waals surface area contributed by atoms with Gasteiger partial charge in [0, 0.05) is 25.7 Å². The molecule has 0 aromatic heterocycles. The highest BCUT2D eigenvalue weighted by Gasteiger charge is 2.30. The maximum absolute atomic E-state index is 13.1. The second-order valence-corrected chi connectivity index (χ2v) is 31.7. The molecule has 0 spiro atoms. The largest absolute Gasteiger partial charge is 0.472 e. The maximum Gasteiger partial charge on any atom is 0.472 e. The summed E-state index contributed by atoms with van der Waals surface area (Å²) < 4.78 is 68.5. The Kier molecular flexibility index (Phi) is 64.0. The Bertz CT molecular complexity index is 1870. The number of hydrogen-bond donors (Lipinski definition) is 3. The van der Waals surface area contributed by atoms with Crippen molar-refractivity contribution in [2.75, 3.05) is 39.6 Å². The summed E-state index contributed by atoms with van der Waals surface area (Å²) in [7, 11) is -9.91. The molecule has 0 amide bonds. The first kappa shape index (κ1) is 93.1. The molecule has 0 aliphatic carbocycles. The van der Waals surface area contributed by atoms with Gasteiger partial charge in [0.05, 0.1) is 26.4 Å². The first-order valence-electron chi connectivity index (χ1n) is 39.3. The molecule has 4 unspecified atom stereocenters. The zero-order chi connectivity index (χ0) is 70.3. The molecular formula is C76H148O17P2. The van der Waals surface area contributed by atoms with E-state index in [0.29, 0.717) is 25.7 Å². The Morgan fingerprint density at radius 3 is 0.747 bits per heavy atom. The number of unbranched alkanes of at least 4 members (excludes halogenated alkanes) is 37. The number of carbonyl (C=O) groups excluding carboxylic acids is 4. The van der Waals surface area contributed by atoms with E-state index in [0.717, 1.165) is 120 Å². The summed E-state index contributed by atoms with van der Waals surface area (Å²) in [5.74, 6) is 0.981. The van der Waals surface area contributed by atoms with Crippen LogP contribution in [0.25, 0.3) is 0 Å². The zero-order valence-corrected chi connectivity index (χ0v) is 64.1. The molecule has 95 heavy (non-hydrogen) atoms. The number of phosphoric ester groups is 2. The Morgan fingerprint density at radius 1 is 0.295 bits per heavy atom. The summed E-state index contributed by atoms with van der Waals surface area (Å²) in [4.78, 5) is 72.8. The standard InChI is InChI=1S/C76H148O17P2/c1-9-68(7)54-46-38-30-24-20-21-27-33-43-51-59-76(81)92-71(62-86-73(78)56-48-40-31-25-18-13-11-12-16-22-28-36-44-52-66(3)4)64-90-94(82,83)88-60-70(77)61-89-95(84,85)91-65-72(63-87-74(79)57-49-41-35-34-39-47-55-69(8)10-2)93-75(80)58-50-42-32-26-19-15-14-17-23-29-37-45-53-67(5)6/h66-72,77H,9-65H2,1-8H3,(H,82,83)(H,84,85)/t68?,69?,70-,71-,72-/m1/s1. The van der Waals surface area contributed by atoms with E-state index in [1.54, 1.807) is 0 Å². The van der Waals surface area contributed by atoms with E-state index in [1.807, 2.05) is 0 Å². The minimum Gasteiger partial charge on any atom is -0.462 e. The van der Waals surface area contributed by atoms with Crippen molar-refractivity contribution in [1.29, 1.82) is 0 Å². The number of carbonyl (C=O) groups is 4. The topological polar surface area (TPSA) is 237 Å². The summed E-state index contributed by atoms with van der Waals surface area (Å²) in [6, 6.07) is 0. The fourth-order valence-electron chi connectivity index (χ4n) is 11.5. The molecule has 0 aromatic carbocycles. The van der Waals surface area contributed by atoms with Crippen molar-refractivity contribution in [2.24, 2.45) is 23.7 Å². The predicted molar refractivity (Wildman–Crippen MR) is 386 cm³/mol. The van der Waals surface area contributed by atoms with Crippen LogP contribution in [0.4, 0.5) is 0 Å². The van der Waals surface area contributed by atoms with Gasteiger partial charge in [-0.15, -0.1) is 0 Å². The van der Waals surface area contributed by atoms with Crippen LogP contribution in [0.2, 0.25) is 0 Å². The van der Waals surface area contributed by atoms with Crippen molar-refractivity contribution >= 4 is 39.5 Å². The first-order chi connectivity index (χ1) is 45.7. The van der Waals surface area contributed by atoms with E-state index in [2.05, 4.69) is 55.4 Å². The van der Waals surface area contributed by atoms with Crippen molar-refractivity contribution in [2.45, 2.75) is 401 Å². The number of aliphatic hydroxyl groups excluding tert-OH is 1. The van der Waals surface area contributed by atoms with Gasteiger partial charge < -0.3 is 33.8 Å². The monoisotopic (exact) mass is 1400 g/mol. The number of ether oxygens (including phenoxy) is 4. The van der Waals surface area contributed by atoms with Crippen LogP contribution in [-0.4, -0.2) is 96.7 Å². The molecule has 0 heterocycles. The SMILES string of the molecule is CCC(C)CCCCCCCCCCCCC(=O)O[C@H](COC(=O)CCCCCCCCCCCCCCCC(C)C)COP(=O)(O)OC[C@@H](O)COP(=O)(O)OC[C@@H](COC(=O)CCCCCCCCC(C)CC)OC(=O)CCCCCCCCCCCCCCC(C)C. The summed E-state index contributed by atoms with van der Waals surface area (Å²) in [5.41, 5.74) is 0. The van der Waals surface area contributed by atoms with Crippen LogP contribution in [0.15, 0.2) is 0 Å². The fourth-order valence-corrected chi connectivity index (χ4v) is 13.1. The normalized spacial score (nSPS) is 14.7. The zero-order valence-electron chi connectivity index (χ0n) is 62.3. The second-order valence-electron chi connectivity index (χ2n) is 28.8. The quantitative estimate of drug-likeness (QED) is 0.0222. The van der Waals surface area contributed by atoms with Crippen molar-refractivity contribution in [1.82, 2.24) is 0 Å². The van der Waals surface area contributed by atoms with Gasteiger partial charge in [-0.05, 0) is 49.4 Å². The highest BCUT2D eigenvalue weighted by molar-refractivity contribution is 7.47. The molecule has 17 nitrogen and oxygen atoms in total. The van der Waals surface area contributed by atoms with E-state index < -0.39 is 97.5 Å². The number of phosphoric acid groups is 2. The molecule has 0 saturated heterocycles. The summed E-state index contributed by atoms with van der Waals surface area (Å²) in [5, 5.41) is 10.6. The number of hydrogen-bond acceptors (Lipinski definition) is 15. The Balaban J connectivity index is 5.26. The van der Waals surface area contributed by atoms with Gasteiger partial charge in [0.15, 0.2) is 12.2 Å². The minimum absolute atomic E-state index is 0.106. The lowest BCUT2D eigenvalue weighted by atomic mass is 9.99. The van der Waals surface area contributed by atoms with E-state index in [-0.39, 0.29) is 25.7 Å². The maximum atomic E-state index is 13.1. The molecule has 0 radical (unpaired) electrons. The van der Waals surface area contributed by atoms with E-state index >= 15 is 0 Å². The highest BCUT2D eigenvalue weighted by atomic mass is 31.2. The molecule has 0 aromatic rings. The average molecular weight is 1400 g/mol. The second kappa shape index (κ2) is 65.4. The summed E-state index contributed by atoms with van der Waals surface area (Å²) in [6.07, 6.45) is 49.8. The fraction of sp³-hybridized carbons (Fsp3) is 0.947. The third-order valence-corrected chi connectivity index (χ3v) is 20.2. The van der Waals surface area contributed by atoms with Crippen LogP contribution in [-0.2, 0) is 65.4 Å². The number of rotatable bonds is 73. The molecule has 19 heteroatoms. The average Bonchev–Trinajstić information content (AvgIpc) is 2.06. The van der Waals surface area contributed by atoms with Crippen LogP contribution in [0.3, 0.4) is 0 Å². The lowest BCUT2D eigenvalue weighted by Crippen LogP contribution is -2.30. The van der Waals surface area contributed by atoms with E-state index in [4.69, 9.17) is 37.0 Å². The van der Waals surface area contributed by atoms with Crippen molar-refractivity contribution in [3.63, 3.8) is 0 Å². The third-order valence-electron chi connectivity index (χ3n) is 18.3. The van der Waals surface area contributed by atoms with Gasteiger partial charge in [0.1, 0.15) is 19.3 Å². The third kappa shape index (κ3) is 67.6. The van der Waals surface area contributed by atoms with Crippen LogP contribution in [0.5, 0.6) is 0 Å². The molecular weight excluding hydrogens is 1250 g/mol. The Labute approximate surface area is 581 Å². The van der Waals surface area contributed by atoms with Gasteiger partial charge in [0.2, 0.25) is 0 Å².